The van der Waals surface area contributed by atoms with Crippen LogP contribution < -0.4 is 4.74 Å². The molecule has 2 aromatic carbocycles. The quantitative estimate of drug-likeness (QED) is 0.727. The van der Waals surface area contributed by atoms with Gasteiger partial charge in [0.25, 0.3) is 0 Å². The highest BCUT2D eigenvalue weighted by molar-refractivity contribution is 5.41. The van der Waals surface area contributed by atoms with Crippen molar-refractivity contribution in [3.63, 3.8) is 0 Å². The lowest BCUT2D eigenvalue weighted by Gasteiger charge is -2.08. The van der Waals surface area contributed by atoms with Gasteiger partial charge in [-0.3, -0.25) is 0 Å². The van der Waals surface area contributed by atoms with E-state index in [4.69, 9.17) is 4.74 Å². The number of nitrogens with zero attached hydrogens (tertiary/aromatic N) is 4. The van der Waals surface area contributed by atoms with Crippen molar-refractivity contribution in [2.75, 3.05) is 7.11 Å². The Labute approximate surface area is 134 Å². The summed E-state index contributed by atoms with van der Waals surface area (Å²) in [5.41, 5.74) is 3.23. The third kappa shape index (κ3) is 3.22. The van der Waals surface area contributed by atoms with Gasteiger partial charge >= 0.3 is 0 Å². The molecule has 3 rings (SSSR count). The maximum Gasteiger partial charge on any atom is 0.186 e. The molecule has 114 valence electrons. The molecule has 1 heterocycles. The van der Waals surface area contributed by atoms with Crippen LogP contribution in [0.1, 0.15) is 17.0 Å². The van der Waals surface area contributed by atoms with Crippen molar-refractivity contribution in [2.24, 2.45) is 0 Å². The van der Waals surface area contributed by atoms with Gasteiger partial charge in [-0.25, -0.2) is 4.68 Å². The number of methoxy groups -OCH3 is 1. The molecule has 0 saturated heterocycles. The van der Waals surface area contributed by atoms with Crippen LogP contribution in [0.25, 0.3) is 5.69 Å². The fraction of sp³-hybridized carbons (Fsp3) is 0.167. The Morgan fingerprint density at radius 2 is 1.91 bits per heavy atom. The van der Waals surface area contributed by atoms with Crippen molar-refractivity contribution in [1.29, 1.82) is 5.26 Å². The van der Waals surface area contributed by atoms with Crippen LogP contribution in [0, 0.1) is 11.3 Å². The van der Waals surface area contributed by atoms with Crippen LogP contribution >= 0.6 is 0 Å². The third-order valence-corrected chi connectivity index (χ3v) is 3.66. The van der Waals surface area contributed by atoms with E-state index in [9.17, 15) is 5.26 Å². The normalized spacial score (nSPS) is 10.3. The Bertz CT molecular complexity index is 834. The molecule has 0 saturated carbocycles. The number of hydrogen-bond donors (Lipinski definition) is 0. The highest BCUT2D eigenvalue weighted by atomic mass is 16.5. The number of ether oxygens (including phenoxy) is 1. The molecule has 0 N–H and O–H groups in total. The van der Waals surface area contributed by atoms with E-state index in [0.29, 0.717) is 12.1 Å². The summed E-state index contributed by atoms with van der Waals surface area (Å²) in [5, 5.41) is 17.4. The van der Waals surface area contributed by atoms with Crippen molar-refractivity contribution < 1.29 is 4.74 Å². The molecule has 0 aliphatic heterocycles. The second-order valence-corrected chi connectivity index (χ2v) is 5.10. The van der Waals surface area contributed by atoms with Crippen LogP contribution in [0.3, 0.4) is 0 Å². The van der Waals surface area contributed by atoms with Gasteiger partial charge in [0.15, 0.2) is 5.69 Å². The number of nitriles is 1. The van der Waals surface area contributed by atoms with Crippen LogP contribution in [-0.4, -0.2) is 22.1 Å². The first-order valence-electron chi connectivity index (χ1n) is 7.35. The molecule has 0 aliphatic rings. The first-order chi connectivity index (χ1) is 11.3. The smallest absolute Gasteiger partial charge is 0.186 e. The molecule has 5 nitrogen and oxygen atoms in total. The van der Waals surface area contributed by atoms with Crippen LogP contribution in [-0.2, 0) is 12.8 Å². The van der Waals surface area contributed by atoms with Crippen LogP contribution in [0.5, 0.6) is 5.75 Å². The minimum Gasteiger partial charge on any atom is -0.497 e. The van der Waals surface area contributed by atoms with Crippen molar-refractivity contribution in [2.45, 2.75) is 12.8 Å². The Morgan fingerprint density at radius 1 is 1.09 bits per heavy atom. The SMILES string of the molecule is COc1cccc(-n2nnc(C#N)c2CCc2ccccc2)c1. The average molecular weight is 304 g/mol. The van der Waals surface area contributed by atoms with Gasteiger partial charge in [-0.15, -0.1) is 5.10 Å². The summed E-state index contributed by atoms with van der Waals surface area (Å²) in [7, 11) is 1.62. The average Bonchev–Trinajstić information content (AvgIpc) is 3.04. The minimum absolute atomic E-state index is 0.365. The van der Waals surface area contributed by atoms with Gasteiger partial charge < -0.3 is 4.74 Å². The largest absolute Gasteiger partial charge is 0.497 e. The lowest BCUT2D eigenvalue weighted by molar-refractivity contribution is 0.414. The van der Waals surface area contributed by atoms with Gasteiger partial charge in [0.05, 0.1) is 18.5 Å². The fourth-order valence-corrected chi connectivity index (χ4v) is 2.47. The third-order valence-electron chi connectivity index (χ3n) is 3.66. The van der Waals surface area contributed by atoms with Crippen molar-refractivity contribution in [1.82, 2.24) is 15.0 Å². The standard InChI is InChI=1S/C18H16N4O/c1-23-16-9-5-8-15(12-16)22-18(17(13-19)20-21-22)11-10-14-6-3-2-4-7-14/h2-9,12H,10-11H2,1H3. The molecule has 0 spiro atoms. The fourth-order valence-electron chi connectivity index (χ4n) is 2.47. The Morgan fingerprint density at radius 3 is 2.65 bits per heavy atom. The summed E-state index contributed by atoms with van der Waals surface area (Å²) < 4.78 is 6.96. The number of benzene rings is 2. The molecule has 0 bridgehead atoms. The lowest BCUT2D eigenvalue weighted by atomic mass is 10.1. The second-order valence-electron chi connectivity index (χ2n) is 5.10. The van der Waals surface area contributed by atoms with E-state index in [1.807, 2.05) is 42.5 Å². The first-order valence-corrected chi connectivity index (χ1v) is 7.35. The molecular weight excluding hydrogens is 288 g/mol. The van der Waals surface area contributed by atoms with Crippen LogP contribution in [0.15, 0.2) is 54.6 Å². The van der Waals surface area contributed by atoms with Gasteiger partial charge in [-0.1, -0.05) is 41.6 Å². The van der Waals surface area contributed by atoms with Crippen molar-refractivity contribution in [3.8, 4) is 17.5 Å². The molecule has 0 atom stereocenters. The molecule has 0 fully saturated rings. The minimum atomic E-state index is 0.365. The zero-order valence-electron chi connectivity index (χ0n) is 12.8. The molecule has 0 amide bonds. The Balaban J connectivity index is 1.92. The maximum atomic E-state index is 9.29. The van der Waals surface area contributed by atoms with Gasteiger partial charge in [-0.05, 0) is 30.5 Å². The highest BCUT2D eigenvalue weighted by Gasteiger charge is 2.14. The summed E-state index contributed by atoms with van der Waals surface area (Å²) in [6, 6.07) is 19.9. The van der Waals surface area contributed by atoms with Crippen LogP contribution in [0.2, 0.25) is 0 Å². The maximum absolute atomic E-state index is 9.29. The van der Waals surface area contributed by atoms with E-state index in [1.165, 1.54) is 5.56 Å². The van der Waals surface area contributed by atoms with Crippen molar-refractivity contribution in [3.05, 3.63) is 71.5 Å². The van der Waals surface area contributed by atoms with Gasteiger partial charge in [-0.2, -0.15) is 5.26 Å². The summed E-state index contributed by atoms with van der Waals surface area (Å²) in [5.74, 6) is 0.741. The Hall–Kier alpha value is -3.13. The topological polar surface area (TPSA) is 63.7 Å². The van der Waals surface area contributed by atoms with Gasteiger partial charge in [0.1, 0.15) is 11.8 Å². The molecule has 23 heavy (non-hydrogen) atoms. The summed E-state index contributed by atoms with van der Waals surface area (Å²) in [4.78, 5) is 0. The lowest BCUT2D eigenvalue weighted by Crippen LogP contribution is -2.05. The monoisotopic (exact) mass is 304 g/mol. The molecule has 3 aromatic rings. The second kappa shape index (κ2) is 6.75. The van der Waals surface area contributed by atoms with Crippen LogP contribution in [0.4, 0.5) is 0 Å². The molecule has 5 heteroatoms. The zero-order valence-corrected chi connectivity index (χ0v) is 12.8. The highest BCUT2D eigenvalue weighted by Crippen LogP contribution is 2.19. The molecule has 1 aromatic heterocycles. The van der Waals surface area contributed by atoms with E-state index < -0.39 is 0 Å². The van der Waals surface area contributed by atoms with E-state index >= 15 is 0 Å². The predicted octanol–water partition coefficient (Wildman–Crippen LogP) is 2.93. The summed E-state index contributed by atoms with van der Waals surface area (Å²) >= 11 is 0. The number of rotatable bonds is 5. The van der Waals surface area contributed by atoms with E-state index in [1.54, 1.807) is 11.8 Å². The molecular formula is C18H16N4O. The summed E-state index contributed by atoms with van der Waals surface area (Å²) in [6.07, 6.45) is 1.52. The Kier molecular flexibility index (Phi) is 4.34. The van der Waals surface area contributed by atoms with Gasteiger partial charge in [0.2, 0.25) is 0 Å². The van der Waals surface area contributed by atoms with E-state index in [0.717, 1.165) is 23.6 Å². The number of aromatic nitrogens is 3. The number of aryl methyl sites for hydroxylation is 1. The van der Waals surface area contributed by atoms with E-state index in [-0.39, 0.29) is 0 Å². The molecule has 0 radical (unpaired) electrons. The summed E-state index contributed by atoms with van der Waals surface area (Å²) in [6.45, 7) is 0. The van der Waals surface area contributed by atoms with Gasteiger partial charge in [0, 0.05) is 6.07 Å². The van der Waals surface area contributed by atoms with E-state index in [2.05, 4.69) is 28.5 Å². The zero-order chi connectivity index (χ0) is 16.1. The molecule has 0 aliphatic carbocycles. The predicted molar refractivity (Wildman–Crippen MR) is 86.5 cm³/mol. The number of hydrogen-bond acceptors (Lipinski definition) is 4. The first kappa shape index (κ1) is 14.8. The van der Waals surface area contributed by atoms with Crippen molar-refractivity contribution >= 4 is 0 Å². The molecule has 0 unspecified atom stereocenters.